The van der Waals surface area contributed by atoms with Crippen LogP contribution in [0.2, 0.25) is 0 Å². The van der Waals surface area contributed by atoms with Crippen LogP contribution < -0.4 is 4.74 Å². The zero-order valence-electron chi connectivity index (χ0n) is 30.6. The molecule has 0 amide bonds. The van der Waals surface area contributed by atoms with Gasteiger partial charge < -0.3 is 4.74 Å². The van der Waals surface area contributed by atoms with Crippen molar-refractivity contribution in [2.75, 3.05) is 0 Å². The van der Waals surface area contributed by atoms with Crippen molar-refractivity contribution in [2.24, 2.45) is 0 Å². The summed E-state index contributed by atoms with van der Waals surface area (Å²) in [5.74, 6) is 3.70. The van der Waals surface area contributed by atoms with Crippen molar-refractivity contribution in [1.29, 1.82) is 0 Å². The predicted octanol–water partition coefficient (Wildman–Crippen LogP) is 13.4. The van der Waals surface area contributed by atoms with E-state index in [9.17, 15) is 0 Å². The van der Waals surface area contributed by atoms with Gasteiger partial charge in [0, 0.05) is 43.3 Å². The van der Waals surface area contributed by atoms with Crippen molar-refractivity contribution in [3.8, 4) is 67.9 Å². The van der Waals surface area contributed by atoms with Crippen LogP contribution in [0.15, 0.2) is 188 Å². The van der Waals surface area contributed by atoms with E-state index in [1.54, 1.807) is 11.3 Å². The molecule has 1 aliphatic carbocycles. The molecule has 0 unspecified atom stereocenters. The van der Waals surface area contributed by atoms with E-state index in [-0.39, 0.29) is 0 Å². The molecule has 10 aromatic rings. The van der Waals surface area contributed by atoms with Gasteiger partial charge >= 0.3 is 0 Å². The molecule has 57 heavy (non-hydrogen) atoms. The number of hydrogen-bond acceptors (Lipinski definition) is 5. The number of thiophene rings is 1. The zero-order valence-corrected chi connectivity index (χ0v) is 31.4. The van der Waals surface area contributed by atoms with Crippen molar-refractivity contribution in [3.05, 3.63) is 210 Å². The fourth-order valence-corrected chi connectivity index (χ4v) is 10.4. The Balaban J connectivity index is 1.08. The molecule has 12 rings (SSSR count). The monoisotopic (exact) mass is 745 g/mol. The molecule has 0 N–H and O–H groups in total. The fraction of sp³-hybridized carbons (Fsp3) is 0.0192. The lowest BCUT2D eigenvalue weighted by Crippen LogP contribution is -2.32. The van der Waals surface area contributed by atoms with E-state index in [4.69, 9.17) is 19.7 Å². The number of benzene rings is 8. The van der Waals surface area contributed by atoms with E-state index in [0.29, 0.717) is 17.5 Å². The summed E-state index contributed by atoms with van der Waals surface area (Å²) in [6.45, 7) is 0. The maximum atomic E-state index is 7.05. The molecule has 0 radical (unpaired) electrons. The average Bonchev–Trinajstić information content (AvgIpc) is 3.82. The number of hydrogen-bond donors (Lipinski definition) is 0. The van der Waals surface area contributed by atoms with Crippen LogP contribution in [0.5, 0.6) is 11.5 Å². The Labute approximate surface area is 333 Å². The van der Waals surface area contributed by atoms with Gasteiger partial charge in [-0.15, -0.1) is 11.3 Å². The topological polar surface area (TPSA) is 47.9 Å². The first kappa shape index (κ1) is 32.1. The second kappa shape index (κ2) is 12.4. The van der Waals surface area contributed by atoms with Gasteiger partial charge in [-0.05, 0) is 45.5 Å². The quantitative estimate of drug-likeness (QED) is 0.180. The van der Waals surface area contributed by atoms with Gasteiger partial charge in [-0.3, -0.25) is 0 Å². The first-order valence-electron chi connectivity index (χ1n) is 19.2. The van der Waals surface area contributed by atoms with Crippen molar-refractivity contribution in [2.45, 2.75) is 5.41 Å². The summed E-state index contributed by atoms with van der Waals surface area (Å²) in [5.41, 5.74) is 12.1. The Bertz CT molecular complexity index is 3160. The number of nitrogens with zero attached hydrogens (tertiary/aromatic N) is 3. The standard InChI is InChI=1S/C52H31N3OS/c1-3-14-32(15-4-1)33-26-28-35(29-27-33)50-53-49(34-16-5-2-6-17-34)54-51(55-50)40-21-13-20-38-39-30-31-44-46(48(39)57-47(38)40)56-45-25-12-11-24-43(45)52(44)41-22-9-7-18-36(41)37-19-8-10-23-42(37)52/h1-31H. The van der Waals surface area contributed by atoms with E-state index in [2.05, 4.69) is 164 Å². The van der Waals surface area contributed by atoms with Crippen molar-refractivity contribution in [1.82, 2.24) is 15.0 Å². The van der Waals surface area contributed by atoms with Gasteiger partial charge in [-0.25, -0.2) is 15.0 Å². The SMILES string of the molecule is c1ccc(-c2ccc(-c3nc(-c4ccccc4)nc(-c4cccc5c4sc4c6c(ccc45)C4(c5ccccc5O6)c5ccccc5-c5ccccc54)n3)cc2)cc1. The van der Waals surface area contributed by atoms with Crippen molar-refractivity contribution >= 4 is 31.5 Å². The Kier molecular flexibility index (Phi) is 6.98. The normalized spacial score (nSPS) is 13.2. The van der Waals surface area contributed by atoms with Crippen molar-refractivity contribution < 1.29 is 4.74 Å². The Morgan fingerprint density at radius 3 is 1.56 bits per heavy atom. The lowest BCUT2D eigenvalue weighted by molar-refractivity contribution is 0.442. The van der Waals surface area contributed by atoms with Gasteiger partial charge in [0.15, 0.2) is 17.5 Å². The molecule has 4 nitrogen and oxygen atoms in total. The molecule has 2 aliphatic rings. The molecule has 2 aromatic heterocycles. The summed E-state index contributed by atoms with van der Waals surface area (Å²) in [6.07, 6.45) is 0. The molecule has 5 heteroatoms. The summed E-state index contributed by atoms with van der Waals surface area (Å²) in [4.78, 5) is 15.4. The minimum absolute atomic E-state index is 0.520. The Hall–Kier alpha value is -7.21. The third-order valence-electron chi connectivity index (χ3n) is 11.6. The summed E-state index contributed by atoms with van der Waals surface area (Å²) in [6, 6.07) is 66.4. The van der Waals surface area contributed by atoms with E-state index in [1.807, 2.05) is 24.3 Å². The summed E-state index contributed by atoms with van der Waals surface area (Å²) in [7, 11) is 0. The lowest BCUT2D eigenvalue weighted by atomic mass is 9.66. The first-order chi connectivity index (χ1) is 28.3. The lowest BCUT2D eigenvalue weighted by Gasteiger charge is -2.39. The molecule has 0 fully saturated rings. The molecule has 8 aromatic carbocycles. The van der Waals surface area contributed by atoms with Gasteiger partial charge in [-0.2, -0.15) is 0 Å². The van der Waals surface area contributed by atoms with Crippen LogP contribution in [0.25, 0.3) is 76.6 Å². The Morgan fingerprint density at radius 2 is 0.860 bits per heavy atom. The predicted molar refractivity (Wildman–Crippen MR) is 232 cm³/mol. The molecule has 0 atom stereocenters. The zero-order chi connectivity index (χ0) is 37.5. The summed E-state index contributed by atoms with van der Waals surface area (Å²) in [5, 5.41) is 2.30. The third-order valence-corrected chi connectivity index (χ3v) is 12.9. The molecule has 266 valence electrons. The van der Waals surface area contributed by atoms with Crippen LogP contribution in [0.1, 0.15) is 22.3 Å². The van der Waals surface area contributed by atoms with Crippen LogP contribution in [-0.2, 0) is 5.41 Å². The highest BCUT2D eigenvalue weighted by Crippen LogP contribution is 2.63. The minimum Gasteiger partial charge on any atom is -0.455 e. The third kappa shape index (κ3) is 4.70. The van der Waals surface area contributed by atoms with Crippen LogP contribution >= 0.6 is 11.3 Å². The highest BCUT2D eigenvalue weighted by molar-refractivity contribution is 7.26. The maximum absolute atomic E-state index is 7.05. The number of rotatable bonds is 4. The highest BCUT2D eigenvalue weighted by atomic mass is 32.1. The summed E-state index contributed by atoms with van der Waals surface area (Å²) >= 11 is 1.75. The Morgan fingerprint density at radius 1 is 0.351 bits per heavy atom. The molecule has 3 heterocycles. The van der Waals surface area contributed by atoms with Gasteiger partial charge in [0.05, 0.1) is 10.1 Å². The van der Waals surface area contributed by atoms with Crippen LogP contribution in [0.4, 0.5) is 0 Å². The molecule has 1 aliphatic heterocycles. The number of para-hydroxylation sites is 1. The highest BCUT2D eigenvalue weighted by Gasteiger charge is 2.51. The van der Waals surface area contributed by atoms with Crippen LogP contribution in [0.3, 0.4) is 0 Å². The fourth-order valence-electron chi connectivity index (χ4n) is 9.13. The summed E-state index contributed by atoms with van der Waals surface area (Å²) < 4.78 is 9.27. The second-order valence-electron chi connectivity index (χ2n) is 14.7. The molecule has 0 saturated heterocycles. The van der Waals surface area contributed by atoms with Gasteiger partial charge in [0.2, 0.25) is 0 Å². The number of ether oxygens (including phenoxy) is 1. The number of fused-ring (bicyclic) bond motifs is 13. The minimum atomic E-state index is -0.520. The largest absolute Gasteiger partial charge is 0.455 e. The van der Waals surface area contributed by atoms with E-state index in [0.717, 1.165) is 59.5 Å². The van der Waals surface area contributed by atoms with E-state index < -0.39 is 5.41 Å². The van der Waals surface area contributed by atoms with Crippen molar-refractivity contribution in [3.63, 3.8) is 0 Å². The molecule has 1 spiro atoms. The van der Waals surface area contributed by atoms with Gasteiger partial charge in [0.1, 0.15) is 11.5 Å². The molecular weight excluding hydrogens is 715 g/mol. The number of aromatic nitrogens is 3. The smallest absolute Gasteiger partial charge is 0.165 e. The first-order valence-corrected chi connectivity index (χ1v) is 20.0. The maximum Gasteiger partial charge on any atom is 0.165 e. The van der Waals surface area contributed by atoms with Crippen LogP contribution in [-0.4, -0.2) is 15.0 Å². The molecule has 0 saturated carbocycles. The molecule has 0 bridgehead atoms. The van der Waals surface area contributed by atoms with Gasteiger partial charge in [-0.1, -0.05) is 176 Å². The average molecular weight is 746 g/mol. The van der Waals surface area contributed by atoms with E-state index in [1.165, 1.54) is 33.4 Å². The van der Waals surface area contributed by atoms with Crippen LogP contribution in [0, 0.1) is 0 Å². The second-order valence-corrected chi connectivity index (χ2v) is 15.7. The molecular formula is C52H31N3OS. The van der Waals surface area contributed by atoms with Gasteiger partial charge in [0.25, 0.3) is 0 Å². The van der Waals surface area contributed by atoms with E-state index >= 15 is 0 Å².